The van der Waals surface area contributed by atoms with Gasteiger partial charge in [-0.25, -0.2) is 4.39 Å². The lowest BCUT2D eigenvalue weighted by molar-refractivity contribution is -0.122. The summed E-state index contributed by atoms with van der Waals surface area (Å²) in [7, 11) is 3.14. The lowest BCUT2D eigenvalue weighted by Gasteiger charge is -2.14. The number of carbonyl (C=O) groups is 2. The molecule has 9 heteroatoms. The molecule has 2 amide bonds. The molecule has 40 heavy (non-hydrogen) atoms. The van der Waals surface area contributed by atoms with Gasteiger partial charge in [-0.2, -0.15) is 0 Å². The van der Waals surface area contributed by atoms with Crippen LogP contribution in [0, 0.1) is 30.0 Å². The first kappa shape index (κ1) is 26.9. The van der Waals surface area contributed by atoms with Gasteiger partial charge in [0.05, 0.1) is 31.6 Å². The highest BCUT2D eigenvalue weighted by Gasteiger charge is 2.65. The molecule has 3 aromatic carbocycles. The first-order valence-electron chi connectivity index (χ1n) is 12.8. The molecule has 0 aliphatic heterocycles. The van der Waals surface area contributed by atoms with Crippen molar-refractivity contribution >= 4 is 34.1 Å². The lowest BCUT2D eigenvalue weighted by Crippen LogP contribution is -2.20. The van der Waals surface area contributed by atoms with Crippen molar-refractivity contribution in [3.05, 3.63) is 78.2 Å². The van der Waals surface area contributed by atoms with E-state index < -0.39 is 17.3 Å². The number of hydrogen-bond acceptors (Lipinski definition) is 6. The summed E-state index contributed by atoms with van der Waals surface area (Å²) >= 11 is 0. The van der Waals surface area contributed by atoms with Gasteiger partial charge in [0.2, 0.25) is 11.8 Å². The Hall–Kier alpha value is -4.66. The van der Waals surface area contributed by atoms with Gasteiger partial charge in [-0.15, -0.1) is 0 Å². The number of ether oxygens (including phenoxy) is 3. The number of fused-ring (bicyclic) bond motifs is 1. The molecule has 0 bridgehead atoms. The third-order valence-corrected chi connectivity index (χ3v) is 7.39. The summed E-state index contributed by atoms with van der Waals surface area (Å²) in [6.07, 6.45) is 1.66. The highest BCUT2D eigenvalue weighted by atomic mass is 19.1. The van der Waals surface area contributed by atoms with Crippen LogP contribution in [0.5, 0.6) is 23.0 Å². The molecule has 0 radical (unpaired) electrons. The maximum absolute atomic E-state index is 13.2. The molecule has 1 aromatic heterocycles. The van der Waals surface area contributed by atoms with E-state index >= 15 is 0 Å². The van der Waals surface area contributed by atoms with E-state index in [0.29, 0.717) is 39.9 Å². The highest BCUT2D eigenvalue weighted by Crippen LogP contribution is 2.59. The van der Waals surface area contributed by atoms with Crippen LogP contribution in [0.25, 0.3) is 10.9 Å². The first-order chi connectivity index (χ1) is 19.1. The summed E-state index contributed by atoms with van der Waals surface area (Å²) in [5, 5.41) is 6.51. The number of pyridine rings is 1. The van der Waals surface area contributed by atoms with E-state index in [0.717, 1.165) is 10.9 Å². The Morgan fingerprint density at radius 3 is 2.15 bits per heavy atom. The predicted molar refractivity (Wildman–Crippen MR) is 151 cm³/mol. The number of benzene rings is 3. The van der Waals surface area contributed by atoms with Crippen LogP contribution in [0.1, 0.15) is 19.4 Å². The SMILES string of the molecule is COc1cc2nccc(Oc3ccc(NC(=O)[C@@H]4[C@H](C(=O)Nc5ccc(F)cc5)C4(C)C)c(C)c3)c2cc1OC. The van der Waals surface area contributed by atoms with Gasteiger partial charge < -0.3 is 24.8 Å². The number of methoxy groups -OCH3 is 2. The summed E-state index contributed by atoms with van der Waals surface area (Å²) < 4.78 is 30.2. The van der Waals surface area contributed by atoms with Gasteiger partial charge in [0, 0.05) is 29.0 Å². The van der Waals surface area contributed by atoms with Gasteiger partial charge in [-0.05, 0) is 72.5 Å². The fourth-order valence-corrected chi connectivity index (χ4v) is 5.08. The molecule has 2 N–H and O–H groups in total. The Balaban J connectivity index is 1.29. The molecule has 1 saturated carbocycles. The maximum Gasteiger partial charge on any atom is 0.228 e. The molecule has 0 unspecified atom stereocenters. The number of rotatable bonds is 8. The number of amides is 2. The molecule has 2 atom stereocenters. The minimum absolute atomic E-state index is 0.234. The standard InChI is InChI=1S/C31H30FN3O5/c1-17-14-20(40-24-12-13-33-23-16-26(39-5)25(38-4)15-21(23)24)10-11-22(17)35-30(37)28-27(31(28,2)3)29(36)34-19-8-6-18(32)7-9-19/h6-16,27-28H,1-5H3,(H,34,36)(H,35,37)/t27-,28+/m1/s1. The molecule has 4 aromatic rings. The summed E-state index contributed by atoms with van der Waals surface area (Å²) in [5.74, 6) is 0.425. The summed E-state index contributed by atoms with van der Waals surface area (Å²) in [6, 6.07) is 16.3. The average Bonchev–Trinajstić information content (AvgIpc) is 3.52. The predicted octanol–water partition coefficient (Wildman–Crippen LogP) is 6.34. The number of hydrogen-bond donors (Lipinski definition) is 2. The van der Waals surface area contributed by atoms with Crippen molar-refractivity contribution in [1.82, 2.24) is 4.98 Å². The normalized spacial score (nSPS) is 17.1. The van der Waals surface area contributed by atoms with Crippen molar-refractivity contribution in [3.8, 4) is 23.0 Å². The number of aromatic nitrogens is 1. The zero-order valence-electron chi connectivity index (χ0n) is 22.9. The zero-order chi connectivity index (χ0) is 28.6. The largest absolute Gasteiger partial charge is 0.493 e. The second-order valence-corrected chi connectivity index (χ2v) is 10.4. The topological polar surface area (TPSA) is 98.8 Å². The van der Waals surface area contributed by atoms with Crippen molar-refractivity contribution in [3.63, 3.8) is 0 Å². The third kappa shape index (κ3) is 5.14. The molecule has 8 nitrogen and oxygen atoms in total. The van der Waals surface area contributed by atoms with E-state index in [2.05, 4.69) is 15.6 Å². The molecular weight excluding hydrogens is 513 g/mol. The molecule has 0 saturated heterocycles. The molecule has 1 aliphatic carbocycles. The maximum atomic E-state index is 13.2. The Labute approximate surface area is 231 Å². The highest BCUT2D eigenvalue weighted by molar-refractivity contribution is 6.05. The van der Waals surface area contributed by atoms with Crippen molar-refractivity contribution in [2.24, 2.45) is 17.3 Å². The van der Waals surface area contributed by atoms with Gasteiger partial charge in [-0.3, -0.25) is 14.6 Å². The molecule has 1 aliphatic rings. The van der Waals surface area contributed by atoms with Crippen LogP contribution in [0.2, 0.25) is 0 Å². The van der Waals surface area contributed by atoms with Crippen LogP contribution in [-0.2, 0) is 9.59 Å². The second kappa shape index (κ2) is 10.5. The van der Waals surface area contributed by atoms with Gasteiger partial charge >= 0.3 is 0 Å². The van der Waals surface area contributed by atoms with Crippen LogP contribution in [0.3, 0.4) is 0 Å². The van der Waals surface area contributed by atoms with E-state index in [1.807, 2.05) is 32.9 Å². The van der Waals surface area contributed by atoms with Gasteiger partial charge in [-0.1, -0.05) is 13.8 Å². The Bertz CT molecular complexity index is 1600. The average molecular weight is 544 g/mol. The van der Waals surface area contributed by atoms with Gasteiger partial charge in [0.15, 0.2) is 11.5 Å². The molecule has 5 rings (SSSR count). The Morgan fingerprint density at radius 2 is 1.50 bits per heavy atom. The zero-order valence-corrected chi connectivity index (χ0v) is 22.9. The molecule has 1 heterocycles. The number of halogens is 1. The molecule has 0 spiro atoms. The smallest absolute Gasteiger partial charge is 0.228 e. The molecular formula is C31H30FN3O5. The quantitative estimate of drug-likeness (QED) is 0.269. The third-order valence-electron chi connectivity index (χ3n) is 7.39. The monoisotopic (exact) mass is 543 g/mol. The van der Waals surface area contributed by atoms with Crippen LogP contribution < -0.4 is 24.8 Å². The van der Waals surface area contributed by atoms with E-state index in [4.69, 9.17) is 14.2 Å². The number of carbonyl (C=O) groups excluding carboxylic acids is 2. The summed E-state index contributed by atoms with van der Waals surface area (Å²) in [4.78, 5) is 30.5. The number of nitrogens with one attached hydrogen (secondary N) is 2. The number of anilines is 2. The minimum Gasteiger partial charge on any atom is -0.493 e. The summed E-state index contributed by atoms with van der Waals surface area (Å²) in [5.41, 5.74) is 2.09. The second-order valence-electron chi connectivity index (χ2n) is 10.4. The molecule has 206 valence electrons. The first-order valence-corrected chi connectivity index (χ1v) is 12.8. The fraction of sp³-hybridized carbons (Fsp3) is 0.258. The van der Waals surface area contributed by atoms with Gasteiger partial charge in [0.1, 0.15) is 17.3 Å². The van der Waals surface area contributed by atoms with Crippen molar-refractivity contribution in [1.29, 1.82) is 0 Å². The van der Waals surface area contributed by atoms with E-state index in [1.54, 1.807) is 44.7 Å². The van der Waals surface area contributed by atoms with Crippen LogP contribution in [-0.4, -0.2) is 31.0 Å². The fourth-order valence-electron chi connectivity index (χ4n) is 5.08. The van der Waals surface area contributed by atoms with Crippen molar-refractivity contribution < 1.29 is 28.2 Å². The minimum atomic E-state index is -0.517. The van der Waals surface area contributed by atoms with Crippen molar-refractivity contribution in [2.45, 2.75) is 20.8 Å². The van der Waals surface area contributed by atoms with Crippen LogP contribution in [0.4, 0.5) is 15.8 Å². The molecule has 1 fully saturated rings. The van der Waals surface area contributed by atoms with E-state index in [1.165, 1.54) is 24.3 Å². The summed E-state index contributed by atoms with van der Waals surface area (Å²) in [6.45, 7) is 5.65. The lowest BCUT2D eigenvalue weighted by atomic mass is 10.1. The van der Waals surface area contributed by atoms with Crippen LogP contribution in [0.15, 0.2) is 66.9 Å². The number of nitrogens with zero attached hydrogens (tertiary/aromatic N) is 1. The van der Waals surface area contributed by atoms with E-state index in [-0.39, 0.29) is 17.6 Å². The van der Waals surface area contributed by atoms with Crippen molar-refractivity contribution in [2.75, 3.05) is 24.9 Å². The Morgan fingerprint density at radius 1 is 0.850 bits per heavy atom. The van der Waals surface area contributed by atoms with Gasteiger partial charge in [0.25, 0.3) is 0 Å². The number of aryl methyl sites for hydroxylation is 1. The Kier molecular flexibility index (Phi) is 7.06. The van der Waals surface area contributed by atoms with Crippen LogP contribution >= 0.6 is 0 Å². The van der Waals surface area contributed by atoms with E-state index in [9.17, 15) is 14.0 Å².